The van der Waals surface area contributed by atoms with Gasteiger partial charge in [0.2, 0.25) is 5.91 Å². The summed E-state index contributed by atoms with van der Waals surface area (Å²) in [5.41, 5.74) is 8.72. The number of fused-ring (bicyclic) bond motifs is 3. The molecule has 0 radical (unpaired) electrons. The zero-order chi connectivity index (χ0) is 17.8. The van der Waals surface area contributed by atoms with Crippen LogP contribution in [0, 0.1) is 0 Å². The van der Waals surface area contributed by atoms with Crippen molar-refractivity contribution in [3.8, 4) is 0 Å². The average Bonchev–Trinajstić information content (AvgIpc) is 2.98. The molecule has 3 rings (SSSR count). The zero-order valence-corrected chi connectivity index (χ0v) is 14.9. The van der Waals surface area contributed by atoms with Crippen molar-refractivity contribution in [3.63, 3.8) is 0 Å². The lowest BCUT2D eigenvalue weighted by Gasteiger charge is -2.11. The number of nitrogens with two attached hydrogens (primary N) is 1. The van der Waals surface area contributed by atoms with Crippen LogP contribution in [0.1, 0.15) is 38.9 Å². The topological polar surface area (TPSA) is 85.8 Å². The molecule has 2 aromatic heterocycles. The van der Waals surface area contributed by atoms with E-state index in [1.54, 1.807) is 0 Å². The molecule has 6 nitrogen and oxygen atoms in total. The summed E-state index contributed by atoms with van der Waals surface area (Å²) >= 11 is 0. The van der Waals surface area contributed by atoms with Crippen LogP contribution in [0.25, 0.3) is 21.9 Å². The van der Waals surface area contributed by atoms with E-state index in [2.05, 4.69) is 21.8 Å². The molecular weight excluding hydrogens is 314 g/mol. The molecule has 0 bridgehead atoms. The monoisotopic (exact) mass is 339 g/mol. The molecule has 1 amide bonds. The number of para-hydroxylation sites is 1. The summed E-state index contributed by atoms with van der Waals surface area (Å²) in [4.78, 5) is 21.3. The van der Waals surface area contributed by atoms with E-state index in [0.717, 1.165) is 47.0 Å². The van der Waals surface area contributed by atoms with Crippen molar-refractivity contribution < 1.29 is 4.79 Å². The first-order chi connectivity index (χ1) is 12.2. The Bertz CT molecular complexity index is 900. The molecule has 0 atom stereocenters. The number of imidazole rings is 1. The standard InChI is InChI=1S/C19H25N5O/c1-3-7-15-23-17-18(24(15)12-10-16(25)21-11-4-2)13-8-5-6-9-14(13)22-19(17)20/h5-6,8-9H,3-4,7,10-12H2,1-2H3,(H2,20,22)(H,21,25). The number of nitrogens with one attached hydrogen (secondary N) is 1. The molecule has 1 aromatic carbocycles. The number of rotatable bonds is 7. The predicted molar refractivity (Wildman–Crippen MR) is 101 cm³/mol. The zero-order valence-electron chi connectivity index (χ0n) is 14.9. The minimum Gasteiger partial charge on any atom is -0.382 e. The van der Waals surface area contributed by atoms with Crippen molar-refractivity contribution in [3.05, 3.63) is 30.1 Å². The van der Waals surface area contributed by atoms with Crippen LogP contribution in [0.15, 0.2) is 24.3 Å². The van der Waals surface area contributed by atoms with Crippen molar-refractivity contribution in [1.29, 1.82) is 0 Å². The van der Waals surface area contributed by atoms with E-state index < -0.39 is 0 Å². The summed E-state index contributed by atoms with van der Waals surface area (Å²) in [5.74, 6) is 1.48. The predicted octanol–water partition coefficient (Wildman–Crippen LogP) is 3.04. The Hall–Kier alpha value is -2.63. The first-order valence-electron chi connectivity index (χ1n) is 8.95. The third-order valence-electron chi connectivity index (χ3n) is 4.30. The summed E-state index contributed by atoms with van der Waals surface area (Å²) < 4.78 is 2.14. The number of hydrogen-bond donors (Lipinski definition) is 2. The SMILES string of the molecule is CCCNC(=O)CCn1c(CCC)nc2c(N)nc3ccccc3c21. The molecule has 0 spiro atoms. The maximum absolute atomic E-state index is 12.1. The number of amides is 1. The van der Waals surface area contributed by atoms with E-state index in [4.69, 9.17) is 10.7 Å². The largest absolute Gasteiger partial charge is 0.382 e. The van der Waals surface area contributed by atoms with Gasteiger partial charge in [0.1, 0.15) is 11.3 Å². The van der Waals surface area contributed by atoms with Gasteiger partial charge in [0, 0.05) is 31.3 Å². The van der Waals surface area contributed by atoms with Gasteiger partial charge >= 0.3 is 0 Å². The third kappa shape index (κ3) is 3.43. The smallest absolute Gasteiger partial charge is 0.221 e. The highest BCUT2D eigenvalue weighted by atomic mass is 16.1. The van der Waals surface area contributed by atoms with Gasteiger partial charge in [-0.2, -0.15) is 0 Å². The molecule has 6 heteroatoms. The molecular formula is C19H25N5O. The molecule has 3 aromatic rings. The number of anilines is 1. The summed E-state index contributed by atoms with van der Waals surface area (Å²) in [6.07, 6.45) is 3.20. The number of carbonyl (C=O) groups is 1. The molecule has 132 valence electrons. The van der Waals surface area contributed by atoms with Crippen molar-refractivity contribution >= 4 is 33.7 Å². The van der Waals surface area contributed by atoms with Crippen molar-refractivity contribution in [2.24, 2.45) is 0 Å². The molecule has 3 N–H and O–H groups in total. The Morgan fingerprint density at radius 3 is 2.76 bits per heavy atom. The Balaban J connectivity index is 2.07. The molecule has 0 saturated carbocycles. The van der Waals surface area contributed by atoms with Crippen molar-refractivity contribution in [2.45, 2.75) is 46.1 Å². The molecule has 2 heterocycles. The van der Waals surface area contributed by atoms with Crippen LogP contribution in [-0.2, 0) is 17.8 Å². The number of aromatic nitrogens is 3. The van der Waals surface area contributed by atoms with E-state index in [0.29, 0.717) is 25.3 Å². The van der Waals surface area contributed by atoms with E-state index in [1.807, 2.05) is 31.2 Å². The fourth-order valence-corrected chi connectivity index (χ4v) is 3.13. The maximum Gasteiger partial charge on any atom is 0.221 e. The highest BCUT2D eigenvalue weighted by Gasteiger charge is 2.17. The Morgan fingerprint density at radius 1 is 1.20 bits per heavy atom. The number of aryl methyl sites for hydroxylation is 2. The maximum atomic E-state index is 12.1. The lowest BCUT2D eigenvalue weighted by Crippen LogP contribution is -2.25. The highest BCUT2D eigenvalue weighted by Crippen LogP contribution is 2.29. The summed E-state index contributed by atoms with van der Waals surface area (Å²) in [5, 5.41) is 3.96. The Labute approximate surface area is 147 Å². The number of pyridine rings is 1. The summed E-state index contributed by atoms with van der Waals surface area (Å²) in [6, 6.07) is 7.93. The second-order valence-electron chi connectivity index (χ2n) is 6.24. The number of benzene rings is 1. The highest BCUT2D eigenvalue weighted by molar-refractivity contribution is 6.06. The van der Waals surface area contributed by atoms with Crippen LogP contribution in [0.5, 0.6) is 0 Å². The van der Waals surface area contributed by atoms with E-state index >= 15 is 0 Å². The van der Waals surface area contributed by atoms with Crippen molar-refractivity contribution in [1.82, 2.24) is 19.9 Å². The number of nitrogen functional groups attached to an aromatic ring is 1. The summed E-state index contributed by atoms with van der Waals surface area (Å²) in [6.45, 7) is 5.47. The quantitative estimate of drug-likeness (QED) is 0.693. The minimum atomic E-state index is 0.0671. The molecule has 25 heavy (non-hydrogen) atoms. The van der Waals surface area contributed by atoms with Gasteiger partial charge in [-0.3, -0.25) is 4.79 Å². The molecule has 0 saturated heterocycles. The molecule has 0 fully saturated rings. The Kier molecular flexibility index (Phi) is 5.16. The number of nitrogens with zero attached hydrogens (tertiary/aromatic N) is 3. The van der Waals surface area contributed by atoms with E-state index in [1.165, 1.54) is 0 Å². The van der Waals surface area contributed by atoms with E-state index in [-0.39, 0.29) is 5.91 Å². The number of carbonyl (C=O) groups excluding carboxylic acids is 1. The normalized spacial score (nSPS) is 11.3. The van der Waals surface area contributed by atoms with Crippen LogP contribution in [0.3, 0.4) is 0 Å². The molecule has 0 aliphatic heterocycles. The van der Waals surface area contributed by atoms with Gasteiger partial charge in [0.05, 0.1) is 11.0 Å². The van der Waals surface area contributed by atoms with Crippen LogP contribution in [0.2, 0.25) is 0 Å². The number of hydrogen-bond acceptors (Lipinski definition) is 4. The second kappa shape index (κ2) is 7.51. The Morgan fingerprint density at radius 2 is 2.00 bits per heavy atom. The molecule has 0 unspecified atom stereocenters. The fraction of sp³-hybridized carbons (Fsp3) is 0.421. The molecule has 0 aliphatic rings. The lowest BCUT2D eigenvalue weighted by molar-refractivity contribution is -0.121. The molecule has 0 aliphatic carbocycles. The first kappa shape index (κ1) is 17.2. The van der Waals surface area contributed by atoms with E-state index in [9.17, 15) is 4.79 Å². The van der Waals surface area contributed by atoms with Crippen molar-refractivity contribution in [2.75, 3.05) is 12.3 Å². The van der Waals surface area contributed by atoms with Gasteiger partial charge in [-0.1, -0.05) is 32.0 Å². The first-order valence-corrected chi connectivity index (χ1v) is 8.95. The van der Waals surface area contributed by atoms with Gasteiger partial charge in [-0.15, -0.1) is 0 Å². The fourth-order valence-electron chi connectivity index (χ4n) is 3.13. The van der Waals surface area contributed by atoms with Crippen LogP contribution < -0.4 is 11.1 Å². The minimum absolute atomic E-state index is 0.0671. The van der Waals surface area contributed by atoms with Gasteiger partial charge in [0.25, 0.3) is 0 Å². The average molecular weight is 339 g/mol. The van der Waals surface area contributed by atoms with Crippen LogP contribution in [0.4, 0.5) is 5.82 Å². The summed E-state index contributed by atoms with van der Waals surface area (Å²) in [7, 11) is 0. The lowest BCUT2D eigenvalue weighted by atomic mass is 10.2. The third-order valence-corrected chi connectivity index (χ3v) is 4.30. The van der Waals surface area contributed by atoms with Crippen LogP contribution >= 0.6 is 0 Å². The van der Waals surface area contributed by atoms with Gasteiger partial charge in [-0.05, 0) is 18.9 Å². The van der Waals surface area contributed by atoms with Gasteiger partial charge < -0.3 is 15.6 Å². The van der Waals surface area contributed by atoms with Gasteiger partial charge in [0.15, 0.2) is 5.82 Å². The van der Waals surface area contributed by atoms with Crippen LogP contribution in [-0.4, -0.2) is 27.0 Å². The second-order valence-corrected chi connectivity index (χ2v) is 6.24. The van der Waals surface area contributed by atoms with Gasteiger partial charge in [-0.25, -0.2) is 9.97 Å².